The standard InChI is InChI=1S/C17H29FN2O/c1-7-19-13(2)17(3,4)12-20(5)11-14-8-9-16(21-6)15(18)10-14/h8-10,13,19H,7,11-12H2,1-6H3. The molecule has 0 fully saturated rings. The summed E-state index contributed by atoms with van der Waals surface area (Å²) < 4.78 is 18.7. The number of hydrogen-bond donors (Lipinski definition) is 1. The Hall–Kier alpha value is -1.13. The second-order valence-electron chi connectivity index (χ2n) is 6.41. The largest absolute Gasteiger partial charge is 0.494 e. The Morgan fingerprint density at radius 2 is 2.05 bits per heavy atom. The molecule has 0 spiro atoms. The van der Waals surface area contributed by atoms with E-state index in [1.54, 1.807) is 12.1 Å². The average Bonchev–Trinajstić information content (AvgIpc) is 2.38. The molecule has 1 rings (SSSR count). The summed E-state index contributed by atoms with van der Waals surface area (Å²) in [6.45, 7) is 11.5. The smallest absolute Gasteiger partial charge is 0.165 e. The van der Waals surface area contributed by atoms with Crippen molar-refractivity contribution in [2.75, 3.05) is 27.2 Å². The first-order valence-electron chi connectivity index (χ1n) is 7.54. The van der Waals surface area contributed by atoms with E-state index >= 15 is 0 Å². The molecule has 0 bridgehead atoms. The van der Waals surface area contributed by atoms with Crippen molar-refractivity contribution >= 4 is 0 Å². The molecule has 1 aromatic rings. The maximum atomic E-state index is 13.7. The highest BCUT2D eigenvalue weighted by molar-refractivity contribution is 5.29. The van der Waals surface area contributed by atoms with Gasteiger partial charge in [-0.2, -0.15) is 0 Å². The summed E-state index contributed by atoms with van der Waals surface area (Å²) in [6, 6.07) is 5.58. The van der Waals surface area contributed by atoms with Gasteiger partial charge in [0.2, 0.25) is 0 Å². The van der Waals surface area contributed by atoms with Gasteiger partial charge in [-0.05, 0) is 43.6 Å². The van der Waals surface area contributed by atoms with Crippen molar-refractivity contribution in [3.8, 4) is 5.75 Å². The van der Waals surface area contributed by atoms with E-state index in [2.05, 4.69) is 45.0 Å². The van der Waals surface area contributed by atoms with Crippen LogP contribution in [-0.2, 0) is 6.54 Å². The summed E-state index contributed by atoms with van der Waals surface area (Å²) >= 11 is 0. The van der Waals surface area contributed by atoms with Crippen LogP contribution in [-0.4, -0.2) is 38.2 Å². The van der Waals surface area contributed by atoms with Crippen LogP contribution in [0.4, 0.5) is 4.39 Å². The van der Waals surface area contributed by atoms with E-state index in [0.717, 1.165) is 25.2 Å². The molecule has 1 N–H and O–H groups in total. The third kappa shape index (κ3) is 5.29. The molecule has 3 nitrogen and oxygen atoms in total. The number of rotatable bonds is 8. The van der Waals surface area contributed by atoms with E-state index in [4.69, 9.17) is 4.74 Å². The molecule has 4 heteroatoms. The van der Waals surface area contributed by atoms with Crippen LogP contribution in [0.25, 0.3) is 0 Å². The van der Waals surface area contributed by atoms with Crippen molar-refractivity contribution in [3.63, 3.8) is 0 Å². The lowest BCUT2D eigenvalue weighted by Crippen LogP contribution is -2.45. The van der Waals surface area contributed by atoms with Gasteiger partial charge in [0.1, 0.15) is 0 Å². The van der Waals surface area contributed by atoms with Gasteiger partial charge in [-0.1, -0.05) is 26.8 Å². The number of hydrogen-bond acceptors (Lipinski definition) is 3. The molecule has 1 unspecified atom stereocenters. The number of benzene rings is 1. The van der Waals surface area contributed by atoms with Crippen LogP contribution in [0.1, 0.15) is 33.3 Å². The van der Waals surface area contributed by atoms with E-state index in [1.165, 1.54) is 7.11 Å². The SMILES string of the molecule is CCNC(C)C(C)(C)CN(C)Cc1ccc(OC)c(F)c1. The van der Waals surface area contributed by atoms with Gasteiger partial charge in [0.15, 0.2) is 11.6 Å². The Kier molecular flexibility index (Phi) is 6.62. The number of halogens is 1. The zero-order chi connectivity index (χ0) is 16.0. The predicted octanol–water partition coefficient (Wildman–Crippen LogP) is 3.29. The van der Waals surface area contributed by atoms with Crippen molar-refractivity contribution < 1.29 is 9.13 Å². The molecule has 1 atom stereocenters. The first-order chi connectivity index (χ1) is 9.80. The molecule has 0 saturated heterocycles. The van der Waals surface area contributed by atoms with E-state index < -0.39 is 0 Å². The first-order valence-corrected chi connectivity index (χ1v) is 7.54. The van der Waals surface area contributed by atoms with Crippen molar-refractivity contribution in [2.45, 2.75) is 40.3 Å². The summed E-state index contributed by atoms with van der Waals surface area (Å²) in [6.07, 6.45) is 0. The minimum atomic E-state index is -0.302. The van der Waals surface area contributed by atoms with E-state index in [9.17, 15) is 4.39 Å². The fourth-order valence-corrected chi connectivity index (χ4v) is 2.59. The van der Waals surface area contributed by atoms with Crippen LogP contribution in [0.15, 0.2) is 18.2 Å². The van der Waals surface area contributed by atoms with E-state index in [1.807, 2.05) is 6.07 Å². The van der Waals surface area contributed by atoms with Gasteiger partial charge in [-0.3, -0.25) is 0 Å². The summed E-state index contributed by atoms with van der Waals surface area (Å²) in [5.74, 6) is -0.00817. The van der Waals surface area contributed by atoms with Gasteiger partial charge < -0.3 is 15.0 Å². The third-order valence-corrected chi connectivity index (χ3v) is 4.03. The molecule has 0 saturated carbocycles. The third-order valence-electron chi connectivity index (χ3n) is 4.03. The Labute approximate surface area is 128 Å². The van der Waals surface area contributed by atoms with Gasteiger partial charge in [-0.25, -0.2) is 4.39 Å². The van der Waals surface area contributed by atoms with Crippen molar-refractivity contribution in [3.05, 3.63) is 29.6 Å². The minimum Gasteiger partial charge on any atom is -0.494 e. The van der Waals surface area contributed by atoms with Gasteiger partial charge in [0.05, 0.1) is 7.11 Å². The van der Waals surface area contributed by atoms with E-state index in [-0.39, 0.29) is 11.2 Å². The quantitative estimate of drug-likeness (QED) is 0.796. The first kappa shape index (κ1) is 17.9. The average molecular weight is 296 g/mol. The van der Waals surface area contributed by atoms with Gasteiger partial charge in [0.25, 0.3) is 0 Å². The van der Waals surface area contributed by atoms with Crippen LogP contribution in [0.5, 0.6) is 5.75 Å². The number of methoxy groups -OCH3 is 1. The van der Waals surface area contributed by atoms with Crippen molar-refractivity contribution in [1.82, 2.24) is 10.2 Å². The molecule has 1 aromatic carbocycles. The number of ether oxygens (including phenoxy) is 1. The molecule has 120 valence electrons. The maximum Gasteiger partial charge on any atom is 0.165 e. The topological polar surface area (TPSA) is 24.5 Å². The summed E-state index contributed by atoms with van der Waals surface area (Å²) in [4.78, 5) is 2.23. The van der Waals surface area contributed by atoms with Crippen LogP contribution in [0.3, 0.4) is 0 Å². The van der Waals surface area contributed by atoms with Crippen LogP contribution >= 0.6 is 0 Å². The minimum absolute atomic E-state index is 0.149. The molecule has 0 heterocycles. The normalized spacial score (nSPS) is 13.5. The van der Waals surface area contributed by atoms with Crippen LogP contribution < -0.4 is 10.1 Å². The van der Waals surface area contributed by atoms with Crippen LogP contribution in [0, 0.1) is 11.2 Å². The summed E-state index contributed by atoms with van der Waals surface area (Å²) in [7, 11) is 3.55. The Balaban J connectivity index is 2.64. The fraction of sp³-hybridized carbons (Fsp3) is 0.647. The highest BCUT2D eigenvalue weighted by atomic mass is 19.1. The second-order valence-corrected chi connectivity index (χ2v) is 6.41. The highest BCUT2D eigenvalue weighted by Crippen LogP contribution is 2.23. The summed E-state index contributed by atoms with van der Waals surface area (Å²) in [5.41, 5.74) is 1.11. The van der Waals surface area contributed by atoms with E-state index in [0.29, 0.717) is 11.8 Å². The molecule has 0 aromatic heterocycles. The fourth-order valence-electron chi connectivity index (χ4n) is 2.59. The zero-order valence-corrected chi connectivity index (χ0v) is 14.2. The molecular weight excluding hydrogens is 267 g/mol. The molecule has 0 aliphatic carbocycles. The lowest BCUT2D eigenvalue weighted by atomic mass is 9.84. The molecule has 0 radical (unpaired) electrons. The molecule has 0 aliphatic heterocycles. The molecule has 21 heavy (non-hydrogen) atoms. The predicted molar refractivity (Wildman–Crippen MR) is 86.2 cm³/mol. The highest BCUT2D eigenvalue weighted by Gasteiger charge is 2.26. The second kappa shape index (κ2) is 7.76. The molecule has 0 aliphatic rings. The van der Waals surface area contributed by atoms with Crippen LogP contribution in [0.2, 0.25) is 0 Å². The zero-order valence-electron chi connectivity index (χ0n) is 14.2. The number of nitrogens with one attached hydrogen (secondary N) is 1. The monoisotopic (exact) mass is 296 g/mol. The number of nitrogens with zero attached hydrogens (tertiary/aromatic N) is 1. The lowest BCUT2D eigenvalue weighted by Gasteiger charge is -2.36. The van der Waals surface area contributed by atoms with Gasteiger partial charge in [0, 0.05) is 19.1 Å². The van der Waals surface area contributed by atoms with Crippen molar-refractivity contribution in [2.24, 2.45) is 5.41 Å². The lowest BCUT2D eigenvalue weighted by molar-refractivity contribution is 0.161. The molecule has 0 amide bonds. The van der Waals surface area contributed by atoms with Gasteiger partial charge >= 0.3 is 0 Å². The van der Waals surface area contributed by atoms with Crippen molar-refractivity contribution in [1.29, 1.82) is 0 Å². The molecular formula is C17H29FN2O. The Bertz CT molecular complexity index is 448. The maximum absolute atomic E-state index is 13.7. The summed E-state index contributed by atoms with van der Waals surface area (Å²) in [5, 5.41) is 3.48. The Morgan fingerprint density at radius 3 is 2.57 bits per heavy atom. The van der Waals surface area contributed by atoms with Gasteiger partial charge in [-0.15, -0.1) is 0 Å². The Morgan fingerprint density at radius 1 is 1.38 bits per heavy atom.